The maximum Gasteiger partial charge on any atom is 0.495 e. The predicted molar refractivity (Wildman–Crippen MR) is 364 cm³/mol. The van der Waals surface area contributed by atoms with E-state index in [2.05, 4.69) is 0 Å². The van der Waals surface area contributed by atoms with E-state index in [1.54, 1.807) is 52.0 Å². The van der Waals surface area contributed by atoms with Gasteiger partial charge in [0, 0.05) is 68.3 Å². The number of anilines is 1. The quantitative estimate of drug-likeness (QED) is 0.0286. The lowest BCUT2D eigenvalue weighted by atomic mass is 9.74. The Labute approximate surface area is 588 Å². The fraction of sp³-hybridized carbons (Fsp3) is 0.308. The number of para-hydroxylation sites is 1. The average molecular weight is 1450 g/mol. The number of carbonyl (C=O) groups is 5. The highest BCUT2D eigenvalue weighted by Crippen LogP contribution is 2.57. The lowest BCUT2D eigenvalue weighted by Gasteiger charge is -2.32. The number of carbonyl (C=O) groups excluding carboxylic acids is 5. The van der Waals surface area contributed by atoms with E-state index in [1.165, 1.54) is 60.1 Å². The molecular formula is C78H64BF13N3O9. The van der Waals surface area contributed by atoms with Gasteiger partial charge in [-0.1, -0.05) is 68.9 Å². The van der Waals surface area contributed by atoms with Crippen LogP contribution in [0.3, 0.4) is 0 Å². The average Bonchev–Trinajstić information content (AvgIpc) is 0.811. The first kappa shape index (κ1) is 73.5. The van der Waals surface area contributed by atoms with Crippen LogP contribution in [-0.4, -0.2) is 68.2 Å². The van der Waals surface area contributed by atoms with Crippen molar-refractivity contribution in [3.05, 3.63) is 205 Å². The van der Waals surface area contributed by atoms with Gasteiger partial charge in [0.1, 0.15) is 17.2 Å². The molecule has 0 atom stereocenters. The second-order valence-electron chi connectivity index (χ2n) is 26.0. The van der Waals surface area contributed by atoms with Crippen LogP contribution in [0.4, 0.5) is 62.7 Å². The normalized spacial score (nSPS) is 15.6. The van der Waals surface area contributed by atoms with Gasteiger partial charge < -0.3 is 32.6 Å². The Morgan fingerprint density at radius 2 is 1.15 bits per heavy atom. The van der Waals surface area contributed by atoms with Gasteiger partial charge in [-0.3, -0.25) is 19.4 Å². The number of aromatic nitrogens is 1. The molecule has 8 aromatic rings. The number of alkyl halides is 12. The molecule has 7 aromatic carbocycles. The number of rotatable bonds is 17. The largest absolute Gasteiger partial charge is 0.495 e. The van der Waals surface area contributed by atoms with E-state index in [4.69, 9.17) is 23.9 Å². The molecule has 0 N–H and O–H groups in total. The number of esters is 3. The zero-order valence-corrected chi connectivity index (χ0v) is 56.5. The van der Waals surface area contributed by atoms with E-state index in [-0.39, 0.29) is 101 Å². The zero-order valence-electron chi connectivity index (χ0n) is 56.5. The number of allylic oxidation sites excluding steroid dienone is 1. The van der Waals surface area contributed by atoms with Gasteiger partial charge in [-0.2, -0.15) is 52.7 Å². The zero-order chi connectivity index (χ0) is 74.6. The minimum Gasteiger partial charge on any atom is -0.462 e. The number of ether oxygens (including phenoxy) is 4. The second-order valence-corrected chi connectivity index (χ2v) is 26.0. The van der Waals surface area contributed by atoms with Crippen molar-refractivity contribution in [1.82, 2.24) is 4.48 Å². The minimum atomic E-state index is -5.42. The lowest BCUT2D eigenvalue weighted by Crippen LogP contribution is -2.27. The van der Waals surface area contributed by atoms with Crippen molar-refractivity contribution in [2.75, 3.05) is 25.2 Å². The highest BCUT2D eigenvalue weighted by Gasteiger charge is 2.42. The van der Waals surface area contributed by atoms with E-state index < -0.39 is 121 Å². The SMILES string of the molecule is CCOC(=O)C1=C/C(=C(\c2c(C3CCCCC3)cc(OC(=O)Cc3ccc(N(C)C(=O)c4cc(-c5cc(C(F)(F)F)cc(C(F)(F)F)c5)c5c6c(c(-c7cc(C(F)(F)F)cc(C(F)(F)F)c7)cc(C=O)c46)Oc4ccccc4-5)cc3)cc2C2CCCCC2)c2cc(C(=O)OCC)c(C)n2[B]F)N=C1C. The number of aliphatic imine (C=N–C) groups is 1. The molecular weight excluding hydrogens is 1380 g/mol. The van der Waals surface area contributed by atoms with Crippen molar-refractivity contribution in [2.45, 2.75) is 135 Å². The Morgan fingerprint density at radius 1 is 0.625 bits per heavy atom. The lowest BCUT2D eigenvalue weighted by molar-refractivity contribution is -0.144. The number of amides is 1. The number of fused-ring (bicyclic) bond motifs is 2. The van der Waals surface area contributed by atoms with Gasteiger partial charge in [0.2, 0.25) is 0 Å². The van der Waals surface area contributed by atoms with E-state index in [9.17, 15) is 71.9 Å². The van der Waals surface area contributed by atoms with Gasteiger partial charge in [0.15, 0.2) is 6.29 Å². The first-order chi connectivity index (χ1) is 49.3. The summed E-state index contributed by atoms with van der Waals surface area (Å²) in [5.74, 6) is -4.06. The maximum atomic E-state index is 15.7. The fourth-order valence-electron chi connectivity index (χ4n) is 14.6. The van der Waals surface area contributed by atoms with Crippen LogP contribution in [-0.2, 0) is 50.2 Å². The van der Waals surface area contributed by atoms with Crippen molar-refractivity contribution in [1.29, 1.82) is 0 Å². The van der Waals surface area contributed by atoms with E-state index in [1.807, 2.05) is 0 Å². The molecule has 1 aromatic heterocycles. The van der Waals surface area contributed by atoms with Crippen LogP contribution >= 0.6 is 0 Å². The van der Waals surface area contributed by atoms with Crippen LogP contribution < -0.4 is 14.4 Å². The van der Waals surface area contributed by atoms with Crippen molar-refractivity contribution < 1.29 is 99.9 Å². The summed E-state index contributed by atoms with van der Waals surface area (Å²) in [6.45, 7) is 6.67. The van der Waals surface area contributed by atoms with Crippen LogP contribution in [0.2, 0.25) is 0 Å². The minimum absolute atomic E-state index is 0.0374. The Kier molecular flexibility index (Phi) is 20.3. The van der Waals surface area contributed by atoms with Crippen LogP contribution in [0, 0.1) is 6.92 Å². The molecule has 2 aliphatic carbocycles. The first-order valence-electron chi connectivity index (χ1n) is 33.6. The highest BCUT2D eigenvalue weighted by atomic mass is 19.4. The molecule has 4 aliphatic rings. The van der Waals surface area contributed by atoms with E-state index in [0.29, 0.717) is 60.1 Å². The molecule has 0 spiro atoms. The van der Waals surface area contributed by atoms with Crippen LogP contribution in [0.1, 0.15) is 184 Å². The molecule has 12 nitrogen and oxygen atoms in total. The topological polar surface area (TPSA) is 143 Å². The van der Waals surface area contributed by atoms with E-state index >= 15 is 9.11 Å². The molecule has 2 fully saturated rings. The molecule has 0 unspecified atom stereocenters. The smallest absolute Gasteiger partial charge is 0.462 e. The number of hydrogen-bond donors (Lipinski definition) is 0. The summed E-state index contributed by atoms with van der Waals surface area (Å²) in [5.41, 5.74) is -7.08. The number of hydrogen-bond acceptors (Lipinski definition) is 10. The molecule has 0 bridgehead atoms. The van der Waals surface area contributed by atoms with Crippen LogP contribution in [0.25, 0.3) is 49.7 Å². The summed E-state index contributed by atoms with van der Waals surface area (Å²) < 4.78 is 216. The number of benzene rings is 7. The molecule has 1 radical (unpaired) electrons. The molecule has 1 amide bonds. The Hall–Kier alpha value is -10.3. The summed E-state index contributed by atoms with van der Waals surface area (Å²) in [7, 11) is 1.58. The van der Waals surface area contributed by atoms with Crippen molar-refractivity contribution >= 4 is 65.5 Å². The third-order valence-corrected chi connectivity index (χ3v) is 19.5. The molecule has 26 heteroatoms. The van der Waals surface area contributed by atoms with Gasteiger partial charge >= 0.3 is 50.3 Å². The van der Waals surface area contributed by atoms with Gasteiger partial charge in [0.05, 0.1) is 64.4 Å². The van der Waals surface area contributed by atoms with E-state index in [0.717, 1.165) is 92.4 Å². The molecule has 2 saturated carbocycles. The molecule has 2 aliphatic heterocycles. The monoisotopic (exact) mass is 1440 g/mol. The highest BCUT2D eigenvalue weighted by molar-refractivity contribution is 6.27. The summed E-state index contributed by atoms with van der Waals surface area (Å²) in [5, 5.41) is -0.848. The summed E-state index contributed by atoms with van der Waals surface area (Å²) in [6.07, 6.45) is -12.1. The summed E-state index contributed by atoms with van der Waals surface area (Å²) in [6, 6.07) is 19.2. The maximum absolute atomic E-state index is 15.7. The number of halogens is 13. The number of nitrogens with zero attached hydrogens (tertiary/aromatic N) is 3. The van der Waals surface area contributed by atoms with Gasteiger partial charge in [-0.05, 0) is 195 Å². The van der Waals surface area contributed by atoms with Crippen molar-refractivity contribution in [2.24, 2.45) is 4.99 Å². The molecule has 539 valence electrons. The molecule has 104 heavy (non-hydrogen) atoms. The third kappa shape index (κ3) is 14.4. The first-order valence-corrected chi connectivity index (χ1v) is 33.6. The van der Waals surface area contributed by atoms with Crippen LogP contribution in [0.5, 0.6) is 17.2 Å². The van der Waals surface area contributed by atoms with Crippen LogP contribution in [0.15, 0.2) is 138 Å². The van der Waals surface area contributed by atoms with Crippen molar-refractivity contribution in [3.8, 4) is 50.6 Å². The summed E-state index contributed by atoms with van der Waals surface area (Å²) >= 11 is 0. The van der Waals surface area contributed by atoms with Gasteiger partial charge in [-0.15, -0.1) is 0 Å². The molecule has 3 heterocycles. The number of aldehydes is 1. The molecule has 12 rings (SSSR count). The predicted octanol–water partition coefficient (Wildman–Crippen LogP) is 20.7. The van der Waals surface area contributed by atoms with Gasteiger partial charge in [0.25, 0.3) is 5.91 Å². The third-order valence-electron chi connectivity index (χ3n) is 19.5. The fourth-order valence-corrected chi connectivity index (χ4v) is 14.6. The second kappa shape index (κ2) is 28.8. The standard InChI is InChI=1S/C78H64BF13N3O9/c1-6-101-73(99)55-37-62(93-40(55)3)69(63-38-56(74(100)102-7-2)41(4)95(63)79-92)68-57(43-16-10-8-11-17-43)34-53(35-58(68)44-18-12-9-13-19-44)103-65(97)26-42-22-24-52(25-23-42)94(5)72(98)61-36-59(45-27-48(75(80,81)82)32-49(28-45)76(83,84)85)67-54-20-14-15-21-64(54)104-71-60(31-47(39-96)66(61)70(67)71)46-29-50(77(86,87)88)33-51(30-46)78(89,90)91/h14-15,20-25,27-39,43-44H,6-13,16-19,26H2,1-5H3/b69-62+. The van der Waals surface area contributed by atoms with Crippen molar-refractivity contribution in [3.63, 3.8) is 0 Å². The molecule has 0 saturated heterocycles. The summed E-state index contributed by atoms with van der Waals surface area (Å²) in [4.78, 5) is 76.6. The Bertz CT molecular complexity index is 4790. The van der Waals surface area contributed by atoms with Gasteiger partial charge in [-0.25, -0.2) is 9.59 Å². The Morgan fingerprint density at radius 3 is 1.67 bits per heavy atom. The Balaban J connectivity index is 0.964.